The summed E-state index contributed by atoms with van der Waals surface area (Å²) >= 11 is 0. The van der Waals surface area contributed by atoms with Gasteiger partial charge in [0.25, 0.3) is 0 Å². The van der Waals surface area contributed by atoms with Gasteiger partial charge in [0.1, 0.15) is 6.10 Å². The molecule has 1 aliphatic heterocycles. The second-order valence-electron chi connectivity index (χ2n) is 5.32. The summed E-state index contributed by atoms with van der Waals surface area (Å²) in [6.07, 6.45) is -3.08. The van der Waals surface area contributed by atoms with Crippen molar-refractivity contribution in [1.82, 2.24) is 9.97 Å². The standard InChI is InChI=1S/C16H16F3N3O2/c1-23-14-6-7-20-15(21-14)22-8-9-24-13(10-22)11-2-4-12(5-3-11)16(17,18)19/h2-7,13H,8-10H2,1H3. The highest BCUT2D eigenvalue weighted by Gasteiger charge is 2.31. The van der Waals surface area contributed by atoms with Crippen LogP contribution < -0.4 is 9.64 Å². The van der Waals surface area contributed by atoms with Gasteiger partial charge in [0.15, 0.2) is 0 Å². The van der Waals surface area contributed by atoms with Gasteiger partial charge in [0, 0.05) is 18.8 Å². The molecule has 128 valence electrons. The van der Waals surface area contributed by atoms with E-state index in [9.17, 15) is 13.2 Å². The van der Waals surface area contributed by atoms with E-state index >= 15 is 0 Å². The zero-order chi connectivity index (χ0) is 17.2. The van der Waals surface area contributed by atoms with Gasteiger partial charge in [-0.15, -0.1) is 0 Å². The van der Waals surface area contributed by atoms with Crippen LogP contribution in [0, 0.1) is 0 Å². The van der Waals surface area contributed by atoms with Gasteiger partial charge in [-0.1, -0.05) is 12.1 Å². The normalized spacial score (nSPS) is 18.5. The average molecular weight is 339 g/mol. The number of rotatable bonds is 3. The number of aromatic nitrogens is 2. The molecular formula is C16H16F3N3O2. The Morgan fingerprint density at radius 1 is 1.21 bits per heavy atom. The van der Waals surface area contributed by atoms with Crippen molar-refractivity contribution in [3.05, 3.63) is 47.7 Å². The third-order valence-corrected chi connectivity index (χ3v) is 3.79. The van der Waals surface area contributed by atoms with E-state index < -0.39 is 11.7 Å². The molecule has 1 aliphatic rings. The Kier molecular flexibility index (Phi) is 4.57. The summed E-state index contributed by atoms with van der Waals surface area (Å²) in [6, 6.07) is 6.68. The van der Waals surface area contributed by atoms with Crippen molar-refractivity contribution in [2.24, 2.45) is 0 Å². The summed E-state index contributed by atoms with van der Waals surface area (Å²) in [5.74, 6) is 0.965. The molecule has 0 N–H and O–H groups in total. The van der Waals surface area contributed by atoms with Crippen LogP contribution in [0.2, 0.25) is 0 Å². The third kappa shape index (κ3) is 3.59. The lowest BCUT2D eigenvalue weighted by Gasteiger charge is -2.33. The summed E-state index contributed by atoms with van der Waals surface area (Å²) in [5, 5.41) is 0. The molecule has 24 heavy (non-hydrogen) atoms. The van der Waals surface area contributed by atoms with Crippen LogP contribution in [0.25, 0.3) is 0 Å². The van der Waals surface area contributed by atoms with E-state index in [4.69, 9.17) is 9.47 Å². The van der Waals surface area contributed by atoms with E-state index in [0.29, 0.717) is 37.1 Å². The van der Waals surface area contributed by atoms with E-state index in [1.807, 2.05) is 4.90 Å². The first-order chi connectivity index (χ1) is 11.5. The monoisotopic (exact) mass is 339 g/mol. The average Bonchev–Trinajstić information content (AvgIpc) is 2.61. The topological polar surface area (TPSA) is 47.5 Å². The van der Waals surface area contributed by atoms with Crippen molar-refractivity contribution in [1.29, 1.82) is 0 Å². The molecule has 0 aliphatic carbocycles. The number of morpholine rings is 1. The molecule has 2 aromatic rings. The first-order valence-corrected chi connectivity index (χ1v) is 7.38. The highest BCUT2D eigenvalue weighted by molar-refractivity contribution is 5.35. The van der Waals surface area contributed by atoms with Crippen molar-refractivity contribution in [2.75, 3.05) is 31.7 Å². The molecule has 1 aromatic carbocycles. The number of benzene rings is 1. The molecule has 1 saturated heterocycles. The molecule has 8 heteroatoms. The van der Waals surface area contributed by atoms with Crippen molar-refractivity contribution in [3.8, 4) is 5.88 Å². The van der Waals surface area contributed by atoms with Crippen molar-refractivity contribution in [2.45, 2.75) is 12.3 Å². The van der Waals surface area contributed by atoms with E-state index in [1.165, 1.54) is 19.2 Å². The first kappa shape index (κ1) is 16.5. The molecule has 2 heterocycles. The van der Waals surface area contributed by atoms with Crippen molar-refractivity contribution in [3.63, 3.8) is 0 Å². The second-order valence-corrected chi connectivity index (χ2v) is 5.32. The van der Waals surface area contributed by atoms with Gasteiger partial charge >= 0.3 is 6.18 Å². The molecule has 1 unspecified atom stereocenters. The SMILES string of the molecule is COc1ccnc(N2CCOC(c3ccc(C(F)(F)F)cc3)C2)n1. The molecule has 1 atom stereocenters. The minimum absolute atomic E-state index is 0.337. The largest absolute Gasteiger partial charge is 0.481 e. The summed E-state index contributed by atoms with van der Waals surface area (Å²) < 4.78 is 48.7. The Hall–Kier alpha value is -2.35. The number of alkyl halides is 3. The Morgan fingerprint density at radius 3 is 2.62 bits per heavy atom. The highest BCUT2D eigenvalue weighted by Crippen LogP contribution is 2.31. The summed E-state index contributed by atoms with van der Waals surface area (Å²) in [4.78, 5) is 10.4. The van der Waals surface area contributed by atoms with Crippen LogP contribution in [0.1, 0.15) is 17.2 Å². The minimum atomic E-state index is -4.34. The number of methoxy groups -OCH3 is 1. The summed E-state index contributed by atoms with van der Waals surface area (Å²) in [6.45, 7) is 1.50. The molecule has 3 rings (SSSR count). The second kappa shape index (κ2) is 6.64. The van der Waals surface area contributed by atoms with Crippen LogP contribution in [0.3, 0.4) is 0 Å². The first-order valence-electron chi connectivity index (χ1n) is 7.38. The molecule has 0 amide bonds. The number of hydrogen-bond donors (Lipinski definition) is 0. The van der Waals surface area contributed by atoms with Crippen LogP contribution in [0.5, 0.6) is 5.88 Å². The van der Waals surface area contributed by atoms with Gasteiger partial charge in [-0.05, 0) is 17.7 Å². The molecule has 5 nitrogen and oxygen atoms in total. The van der Waals surface area contributed by atoms with Gasteiger partial charge in [0.2, 0.25) is 11.8 Å². The summed E-state index contributed by atoms with van der Waals surface area (Å²) in [5.41, 5.74) is 0.0191. The van der Waals surface area contributed by atoms with Gasteiger partial charge in [-0.2, -0.15) is 18.2 Å². The highest BCUT2D eigenvalue weighted by atomic mass is 19.4. The number of halogens is 3. The Morgan fingerprint density at radius 2 is 1.96 bits per heavy atom. The van der Waals surface area contributed by atoms with E-state index in [2.05, 4.69) is 9.97 Å². The smallest absolute Gasteiger partial charge is 0.416 e. The van der Waals surface area contributed by atoms with Crippen LogP contribution >= 0.6 is 0 Å². The maximum absolute atomic E-state index is 12.6. The fourth-order valence-corrected chi connectivity index (χ4v) is 2.52. The predicted octanol–water partition coefficient (Wildman–Crippen LogP) is 3.08. The Bertz CT molecular complexity index is 692. The maximum Gasteiger partial charge on any atom is 0.416 e. The molecule has 1 aromatic heterocycles. The Labute approximate surface area is 137 Å². The third-order valence-electron chi connectivity index (χ3n) is 3.79. The fraction of sp³-hybridized carbons (Fsp3) is 0.375. The molecular weight excluding hydrogens is 323 g/mol. The zero-order valence-corrected chi connectivity index (χ0v) is 13.0. The van der Waals surface area contributed by atoms with Crippen LogP contribution in [-0.2, 0) is 10.9 Å². The lowest BCUT2D eigenvalue weighted by molar-refractivity contribution is -0.137. The summed E-state index contributed by atoms with van der Waals surface area (Å²) in [7, 11) is 1.52. The fourth-order valence-electron chi connectivity index (χ4n) is 2.52. The number of anilines is 1. The van der Waals surface area contributed by atoms with Crippen molar-refractivity contribution >= 4 is 5.95 Å². The van der Waals surface area contributed by atoms with Gasteiger partial charge < -0.3 is 14.4 Å². The Balaban J connectivity index is 1.75. The van der Waals surface area contributed by atoms with E-state index in [1.54, 1.807) is 12.3 Å². The zero-order valence-electron chi connectivity index (χ0n) is 13.0. The minimum Gasteiger partial charge on any atom is -0.481 e. The van der Waals surface area contributed by atoms with E-state index in [0.717, 1.165) is 12.1 Å². The van der Waals surface area contributed by atoms with Gasteiger partial charge in [-0.25, -0.2) is 4.98 Å². The van der Waals surface area contributed by atoms with Crippen LogP contribution in [0.4, 0.5) is 19.1 Å². The van der Waals surface area contributed by atoms with Crippen molar-refractivity contribution < 1.29 is 22.6 Å². The number of nitrogens with zero attached hydrogens (tertiary/aromatic N) is 3. The maximum atomic E-state index is 12.6. The van der Waals surface area contributed by atoms with Gasteiger partial charge in [0.05, 0.1) is 25.8 Å². The molecule has 0 saturated carbocycles. The lowest BCUT2D eigenvalue weighted by Crippen LogP contribution is -2.39. The lowest BCUT2D eigenvalue weighted by atomic mass is 10.1. The molecule has 0 bridgehead atoms. The van der Waals surface area contributed by atoms with Crippen LogP contribution in [-0.4, -0.2) is 36.8 Å². The van der Waals surface area contributed by atoms with E-state index in [-0.39, 0.29) is 6.10 Å². The number of hydrogen-bond acceptors (Lipinski definition) is 5. The predicted molar refractivity (Wildman–Crippen MR) is 80.9 cm³/mol. The van der Waals surface area contributed by atoms with Crippen LogP contribution in [0.15, 0.2) is 36.5 Å². The van der Waals surface area contributed by atoms with Gasteiger partial charge in [-0.3, -0.25) is 0 Å². The quantitative estimate of drug-likeness (QED) is 0.860. The number of ether oxygens (including phenoxy) is 2. The molecule has 0 radical (unpaired) electrons. The molecule has 0 spiro atoms. The molecule has 1 fully saturated rings.